The highest BCUT2D eigenvalue weighted by Crippen LogP contribution is 2.23. The first-order valence-electron chi connectivity index (χ1n) is 8.95. The van der Waals surface area contributed by atoms with Crippen molar-refractivity contribution in [2.75, 3.05) is 20.2 Å². The fourth-order valence-corrected chi connectivity index (χ4v) is 3.06. The van der Waals surface area contributed by atoms with Gasteiger partial charge in [0.25, 0.3) is 0 Å². The molecule has 0 bridgehead atoms. The fourth-order valence-electron chi connectivity index (χ4n) is 2.87. The summed E-state index contributed by atoms with van der Waals surface area (Å²) in [6.45, 7) is 5.38. The minimum Gasteiger partial charge on any atom is -0.490 e. The molecule has 1 amide bonds. The average Bonchev–Trinajstić information content (AvgIpc) is 2.92. The molecule has 0 aliphatic carbocycles. The van der Waals surface area contributed by atoms with Crippen LogP contribution in [-0.4, -0.2) is 40.8 Å². The number of aromatic nitrogens is 2. The minimum absolute atomic E-state index is 0.0568. The Morgan fingerprint density at radius 1 is 1.37 bits per heavy atom. The summed E-state index contributed by atoms with van der Waals surface area (Å²) >= 11 is 6.05. The maximum atomic E-state index is 12.4. The third-order valence-corrected chi connectivity index (χ3v) is 4.81. The van der Waals surface area contributed by atoms with Gasteiger partial charge >= 0.3 is 0 Å². The van der Waals surface area contributed by atoms with Gasteiger partial charge in [-0.25, -0.2) is 0 Å². The van der Waals surface area contributed by atoms with Crippen LogP contribution in [0.3, 0.4) is 0 Å². The lowest BCUT2D eigenvalue weighted by molar-refractivity contribution is -0.130. The molecule has 0 atom stereocenters. The van der Waals surface area contributed by atoms with Gasteiger partial charge in [-0.15, -0.1) is 0 Å². The summed E-state index contributed by atoms with van der Waals surface area (Å²) in [5.41, 5.74) is 3.03. The second-order valence-electron chi connectivity index (χ2n) is 6.37. The topological polar surface area (TPSA) is 71.2 Å². The summed E-state index contributed by atoms with van der Waals surface area (Å²) in [6, 6.07) is 9.41. The Labute approximate surface area is 165 Å². The van der Waals surface area contributed by atoms with Gasteiger partial charge in [0.05, 0.1) is 36.3 Å². The Bertz CT molecular complexity index is 826. The van der Waals surface area contributed by atoms with Gasteiger partial charge < -0.3 is 9.64 Å². The van der Waals surface area contributed by atoms with E-state index in [-0.39, 0.29) is 5.91 Å². The van der Waals surface area contributed by atoms with Crippen LogP contribution >= 0.6 is 11.6 Å². The van der Waals surface area contributed by atoms with Crippen LogP contribution in [0.25, 0.3) is 0 Å². The van der Waals surface area contributed by atoms with Crippen LogP contribution in [0.4, 0.5) is 0 Å². The molecule has 0 N–H and O–H groups in total. The minimum atomic E-state index is 0.0568. The van der Waals surface area contributed by atoms with E-state index in [0.29, 0.717) is 49.7 Å². The van der Waals surface area contributed by atoms with Gasteiger partial charge in [0.1, 0.15) is 12.4 Å². The van der Waals surface area contributed by atoms with Gasteiger partial charge in [-0.05, 0) is 38.0 Å². The van der Waals surface area contributed by atoms with Gasteiger partial charge in [-0.2, -0.15) is 10.4 Å². The zero-order valence-electron chi connectivity index (χ0n) is 16.0. The molecule has 7 heteroatoms. The van der Waals surface area contributed by atoms with Crippen LogP contribution in [0.5, 0.6) is 5.75 Å². The molecule has 2 rings (SSSR count). The first-order chi connectivity index (χ1) is 12.9. The number of likely N-dealkylation sites (N-methyl/N-ethyl adjacent to an activating group) is 1. The van der Waals surface area contributed by atoms with Crippen LogP contribution in [0, 0.1) is 25.2 Å². The van der Waals surface area contributed by atoms with Crippen molar-refractivity contribution in [3.63, 3.8) is 0 Å². The summed E-state index contributed by atoms with van der Waals surface area (Å²) in [5.74, 6) is 0.678. The molecule has 2 aromatic rings. The van der Waals surface area contributed by atoms with Crippen molar-refractivity contribution in [2.45, 2.75) is 39.7 Å². The molecule has 0 aliphatic rings. The molecular formula is C20H25ClN4O2. The Hall–Kier alpha value is -2.52. The van der Waals surface area contributed by atoms with E-state index < -0.39 is 0 Å². The number of rotatable bonds is 9. The van der Waals surface area contributed by atoms with E-state index in [4.69, 9.17) is 21.6 Å². The molecule has 1 aromatic heterocycles. The monoisotopic (exact) mass is 388 g/mol. The van der Waals surface area contributed by atoms with E-state index in [1.54, 1.807) is 24.1 Å². The molecule has 1 heterocycles. The maximum absolute atomic E-state index is 12.4. The average molecular weight is 389 g/mol. The van der Waals surface area contributed by atoms with Crippen LogP contribution in [0.1, 0.15) is 29.8 Å². The second kappa shape index (κ2) is 9.98. The number of carbonyl (C=O) groups is 1. The van der Waals surface area contributed by atoms with Crippen molar-refractivity contribution in [3.05, 3.63) is 46.2 Å². The molecule has 0 spiro atoms. The number of amides is 1. The Kier molecular flexibility index (Phi) is 7.68. The van der Waals surface area contributed by atoms with Gasteiger partial charge in [0, 0.05) is 19.2 Å². The first-order valence-corrected chi connectivity index (χ1v) is 9.33. The van der Waals surface area contributed by atoms with Crippen molar-refractivity contribution in [3.8, 4) is 11.8 Å². The van der Waals surface area contributed by atoms with Gasteiger partial charge in [0.2, 0.25) is 5.91 Å². The molecule has 0 aliphatic heterocycles. The van der Waals surface area contributed by atoms with E-state index >= 15 is 0 Å². The zero-order valence-corrected chi connectivity index (χ0v) is 16.8. The van der Waals surface area contributed by atoms with Crippen molar-refractivity contribution >= 4 is 17.5 Å². The molecule has 144 valence electrons. The number of halogens is 1. The molecule has 1 aromatic carbocycles. The van der Waals surface area contributed by atoms with Crippen LogP contribution < -0.4 is 4.74 Å². The number of hydrogen-bond acceptors (Lipinski definition) is 4. The third-order valence-electron chi connectivity index (χ3n) is 4.50. The number of ether oxygens (including phenoxy) is 1. The van der Waals surface area contributed by atoms with Crippen molar-refractivity contribution in [1.82, 2.24) is 14.7 Å². The van der Waals surface area contributed by atoms with Gasteiger partial charge in [0.15, 0.2) is 0 Å². The van der Waals surface area contributed by atoms with E-state index in [2.05, 4.69) is 11.2 Å². The molecule has 0 unspecified atom stereocenters. The summed E-state index contributed by atoms with van der Waals surface area (Å²) in [4.78, 5) is 14.1. The lowest BCUT2D eigenvalue weighted by Gasteiger charge is -2.18. The van der Waals surface area contributed by atoms with Crippen molar-refractivity contribution in [2.24, 2.45) is 0 Å². The summed E-state index contributed by atoms with van der Waals surface area (Å²) in [6.07, 6.45) is 1.47. The smallest absolute Gasteiger partial charge is 0.222 e. The number of nitrogens with zero attached hydrogens (tertiary/aromatic N) is 4. The van der Waals surface area contributed by atoms with Gasteiger partial charge in [-0.3, -0.25) is 9.48 Å². The number of nitriles is 1. The van der Waals surface area contributed by atoms with Crippen molar-refractivity contribution < 1.29 is 9.53 Å². The highest BCUT2D eigenvalue weighted by molar-refractivity contribution is 6.32. The largest absolute Gasteiger partial charge is 0.490 e. The maximum Gasteiger partial charge on any atom is 0.222 e. The number of para-hydroxylation sites is 1. The van der Waals surface area contributed by atoms with E-state index in [1.807, 2.05) is 30.7 Å². The van der Waals surface area contributed by atoms with E-state index in [1.165, 1.54) is 0 Å². The Morgan fingerprint density at radius 2 is 2.11 bits per heavy atom. The van der Waals surface area contributed by atoms with Crippen molar-refractivity contribution in [1.29, 1.82) is 5.26 Å². The standard InChI is InChI=1S/C20H25ClN4O2/c1-15-17(16(2)25(23-15)12-6-11-22)9-10-20(26)24(3)13-14-27-19-8-5-4-7-18(19)21/h4-5,7-8H,6,9-10,12-14H2,1-3H3. The first kappa shape index (κ1) is 20.8. The second-order valence-corrected chi connectivity index (χ2v) is 6.78. The van der Waals surface area contributed by atoms with E-state index in [9.17, 15) is 4.79 Å². The summed E-state index contributed by atoms with van der Waals surface area (Å²) in [5, 5.41) is 13.8. The third kappa shape index (κ3) is 5.73. The molecule has 0 saturated heterocycles. The number of benzene rings is 1. The molecule has 0 saturated carbocycles. The lowest BCUT2D eigenvalue weighted by Crippen LogP contribution is -2.31. The fraction of sp³-hybridized carbons (Fsp3) is 0.450. The lowest BCUT2D eigenvalue weighted by atomic mass is 10.1. The summed E-state index contributed by atoms with van der Waals surface area (Å²) < 4.78 is 7.48. The molecule has 0 radical (unpaired) electrons. The molecule has 6 nitrogen and oxygen atoms in total. The summed E-state index contributed by atoms with van der Waals surface area (Å²) in [7, 11) is 1.77. The molecule has 0 fully saturated rings. The predicted octanol–water partition coefficient (Wildman–Crippen LogP) is 3.54. The van der Waals surface area contributed by atoms with E-state index in [0.717, 1.165) is 17.0 Å². The van der Waals surface area contributed by atoms with Crippen LogP contribution in [-0.2, 0) is 17.8 Å². The number of carbonyl (C=O) groups excluding carboxylic acids is 1. The van der Waals surface area contributed by atoms with Crippen LogP contribution in [0.15, 0.2) is 24.3 Å². The Balaban J connectivity index is 1.82. The predicted molar refractivity (Wildman–Crippen MR) is 105 cm³/mol. The number of hydrogen-bond donors (Lipinski definition) is 0. The molecular weight excluding hydrogens is 364 g/mol. The highest BCUT2D eigenvalue weighted by atomic mass is 35.5. The Morgan fingerprint density at radius 3 is 2.81 bits per heavy atom. The normalized spacial score (nSPS) is 10.5. The quantitative estimate of drug-likeness (QED) is 0.658. The molecule has 27 heavy (non-hydrogen) atoms. The highest BCUT2D eigenvalue weighted by Gasteiger charge is 2.15. The zero-order chi connectivity index (χ0) is 19.8. The SMILES string of the molecule is Cc1nn(CCC#N)c(C)c1CCC(=O)N(C)CCOc1ccccc1Cl. The van der Waals surface area contributed by atoms with Crippen LogP contribution in [0.2, 0.25) is 5.02 Å². The number of aryl methyl sites for hydroxylation is 2. The van der Waals surface area contributed by atoms with Gasteiger partial charge in [-0.1, -0.05) is 23.7 Å².